The van der Waals surface area contributed by atoms with Crippen LogP contribution in [-0.4, -0.2) is 40.2 Å². The van der Waals surface area contributed by atoms with E-state index in [1.54, 1.807) is 6.07 Å². The molecular weight excluding hydrogens is 512 g/mol. The molecule has 2 bridgehead atoms. The number of hydrogen-bond acceptors (Lipinski definition) is 4. The number of carboxylic acid groups (broad SMARTS) is 1. The van der Waals surface area contributed by atoms with Crippen molar-refractivity contribution in [2.75, 3.05) is 11.9 Å². The molecule has 1 fully saturated rings. The number of likely N-dealkylation sites (tertiary alicyclic amines) is 1. The Labute approximate surface area is 208 Å². The number of rotatable bonds is 4. The molecule has 4 aliphatic rings. The quantitative estimate of drug-likeness (QED) is 0.395. The number of aromatic carboxylic acids is 1. The molecule has 0 aromatic heterocycles. The number of halogens is 1. The third-order valence-electron chi connectivity index (χ3n) is 7.30. The number of nitrogens with zero attached hydrogens (tertiary/aromatic N) is 1. The zero-order chi connectivity index (χ0) is 24.5. The summed E-state index contributed by atoms with van der Waals surface area (Å²) in [5.74, 6) is -4.01. The molecule has 3 aromatic rings. The molecule has 2 atom stereocenters. The molecule has 174 valence electrons. The van der Waals surface area contributed by atoms with Crippen molar-refractivity contribution < 1.29 is 24.3 Å². The number of imide groups is 1. The van der Waals surface area contributed by atoms with Gasteiger partial charge in [0.1, 0.15) is 6.54 Å². The fourth-order valence-electron chi connectivity index (χ4n) is 5.97. The van der Waals surface area contributed by atoms with Crippen molar-refractivity contribution in [1.82, 2.24) is 4.90 Å². The minimum atomic E-state index is -1.12. The van der Waals surface area contributed by atoms with Crippen LogP contribution in [0.4, 0.5) is 5.69 Å². The Balaban J connectivity index is 1.35. The van der Waals surface area contributed by atoms with E-state index < -0.39 is 34.6 Å². The fourth-order valence-corrected chi connectivity index (χ4v) is 7.17. The van der Waals surface area contributed by atoms with Crippen molar-refractivity contribution in [3.8, 4) is 0 Å². The van der Waals surface area contributed by atoms with Gasteiger partial charge in [-0.2, -0.15) is 0 Å². The van der Waals surface area contributed by atoms with Gasteiger partial charge in [-0.25, -0.2) is 4.79 Å². The number of alkyl halides is 1. The molecule has 0 saturated carbocycles. The van der Waals surface area contributed by atoms with Crippen molar-refractivity contribution in [2.45, 2.75) is 10.2 Å². The molecule has 3 aromatic carbocycles. The van der Waals surface area contributed by atoms with Gasteiger partial charge in [-0.15, -0.1) is 0 Å². The van der Waals surface area contributed by atoms with E-state index in [9.17, 15) is 24.3 Å². The highest BCUT2D eigenvalue weighted by Gasteiger charge is 2.67. The normalized spacial score (nSPS) is 25.6. The first-order valence-electron chi connectivity index (χ1n) is 11.2. The van der Waals surface area contributed by atoms with Crippen LogP contribution in [0, 0.1) is 11.8 Å². The van der Waals surface area contributed by atoms with Crippen LogP contribution in [0.1, 0.15) is 38.5 Å². The summed E-state index contributed by atoms with van der Waals surface area (Å²) in [7, 11) is 0. The minimum absolute atomic E-state index is 0.0236. The average Bonchev–Trinajstić information content (AvgIpc) is 3.10. The molecule has 2 N–H and O–H groups in total. The van der Waals surface area contributed by atoms with Gasteiger partial charge in [0.05, 0.1) is 21.7 Å². The number of benzene rings is 3. The van der Waals surface area contributed by atoms with Crippen molar-refractivity contribution in [2.24, 2.45) is 11.8 Å². The third-order valence-corrected chi connectivity index (χ3v) is 8.65. The summed E-state index contributed by atoms with van der Waals surface area (Å²) in [6.07, 6.45) is 0. The molecule has 3 aliphatic carbocycles. The van der Waals surface area contributed by atoms with Gasteiger partial charge in [0.25, 0.3) is 0 Å². The van der Waals surface area contributed by atoms with E-state index in [0.717, 1.165) is 27.2 Å². The molecule has 7 rings (SSSR count). The first-order valence-corrected chi connectivity index (χ1v) is 12.0. The van der Waals surface area contributed by atoms with E-state index in [1.165, 1.54) is 18.2 Å². The average molecular weight is 531 g/mol. The molecule has 8 heteroatoms. The van der Waals surface area contributed by atoms with Crippen LogP contribution in [0.2, 0.25) is 0 Å². The molecule has 1 aliphatic heterocycles. The van der Waals surface area contributed by atoms with E-state index >= 15 is 0 Å². The lowest BCUT2D eigenvalue weighted by Crippen LogP contribution is -2.50. The van der Waals surface area contributed by atoms with Crippen molar-refractivity contribution >= 4 is 45.3 Å². The maximum atomic E-state index is 13.7. The van der Waals surface area contributed by atoms with Crippen molar-refractivity contribution in [1.29, 1.82) is 0 Å². The van der Waals surface area contributed by atoms with Gasteiger partial charge < -0.3 is 10.4 Å². The predicted octanol–water partition coefficient (Wildman–Crippen LogP) is 3.72. The van der Waals surface area contributed by atoms with E-state index in [0.29, 0.717) is 0 Å². The van der Waals surface area contributed by atoms with Gasteiger partial charge in [-0.1, -0.05) is 70.5 Å². The molecule has 1 saturated heterocycles. The summed E-state index contributed by atoms with van der Waals surface area (Å²) in [6.45, 7) is -0.440. The molecule has 0 spiro atoms. The first-order chi connectivity index (χ1) is 16.8. The molecule has 35 heavy (non-hydrogen) atoms. The SMILES string of the molecule is O=C(CN1C(=O)[C@@H]2[C@@H](C1=O)C1c3ccccc3C2(Br)c2ccccc21)Nc1cccc(C(=O)O)c1. The van der Waals surface area contributed by atoms with E-state index in [1.807, 2.05) is 48.5 Å². The standard InChI is InChI=1S/C27H19BrN2O5/c28-27-18-10-3-1-8-16(18)21(17-9-2-4-11-19(17)27)22-23(27)25(33)30(24(22)32)13-20(31)29-15-7-5-6-14(12-15)26(34)35/h1-12,21-23H,13H2,(H,29,31)(H,34,35)/t21?,22-,23-,27?/m0/s1. The second-order valence-corrected chi connectivity index (χ2v) is 10.3. The van der Waals surface area contributed by atoms with Crippen LogP contribution in [-0.2, 0) is 18.7 Å². The topological polar surface area (TPSA) is 104 Å². The van der Waals surface area contributed by atoms with Crippen molar-refractivity contribution in [3.63, 3.8) is 0 Å². The zero-order valence-corrected chi connectivity index (χ0v) is 19.9. The Morgan fingerprint density at radius 2 is 1.54 bits per heavy atom. The number of carboxylic acids is 1. The second-order valence-electron chi connectivity index (χ2n) is 9.06. The number of nitrogens with one attached hydrogen (secondary N) is 1. The van der Waals surface area contributed by atoms with Crippen LogP contribution >= 0.6 is 15.9 Å². The lowest BCUT2D eigenvalue weighted by molar-refractivity contribution is -0.142. The Morgan fingerprint density at radius 3 is 2.17 bits per heavy atom. The van der Waals surface area contributed by atoms with E-state index in [-0.39, 0.29) is 29.0 Å². The van der Waals surface area contributed by atoms with Gasteiger partial charge in [-0.05, 0) is 40.5 Å². The van der Waals surface area contributed by atoms with E-state index in [4.69, 9.17) is 0 Å². The molecule has 7 nitrogen and oxygen atoms in total. The maximum Gasteiger partial charge on any atom is 0.335 e. The molecule has 0 unspecified atom stereocenters. The van der Waals surface area contributed by atoms with Gasteiger partial charge in [-0.3, -0.25) is 19.3 Å². The molecule has 1 heterocycles. The Morgan fingerprint density at radius 1 is 0.914 bits per heavy atom. The molecule has 0 radical (unpaired) electrons. The first kappa shape index (κ1) is 21.7. The highest BCUT2D eigenvalue weighted by atomic mass is 79.9. The highest BCUT2D eigenvalue weighted by molar-refractivity contribution is 9.09. The lowest BCUT2D eigenvalue weighted by atomic mass is 9.55. The summed E-state index contributed by atoms with van der Waals surface area (Å²) in [5, 5.41) is 11.8. The summed E-state index contributed by atoms with van der Waals surface area (Å²) in [4.78, 5) is 52.5. The Hall–Kier alpha value is -3.78. The number of carbonyl (C=O) groups is 4. The third kappa shape index (κ3) is 2.96. The van der Waals surface area contributed by atoms with Crippen LogP contribution in [0.5, 0.6) is 0 Å². The summed E-state index contributed by atoms with van der Waals surface area (Å²) in [5.41, 5.74) is 4.29. The van der Waals surface area contributed by atoms with Crippen molar-refractivity contribution in [3.05, 3.63) is 101 Å². The van der Waals surface area contributed by atoms with Crippen LogP contribution in [0.3, 0.4) is 0 Å². The monoisotopic (exact) mass is 530 g/mol. The van der Waals surface area contributed by atoms with Gasteiger partial charge in [0.15, 0.2) is 0 Å². The Bertz CT molecular complexity index is 1400. The second kappa shape index (κ2) is 7.61. The molecule has 3 amide bonds. The number of hydrogen-bond donors (Lipinski definition) is 2. The van der Waals surface area contributed by atoms with Crippen LogP contribution < -0.4 is 5.32 Å². The van der Waals surface area contributed by atoms with Crippen LogP contribution in [0.15, 0.2) is 72.8 Å². The number of anilines is 1. The summed E-state index contributed by atoms with van der Waals surface area (Å²) >= 11 is 3.92. The summed E-state index contributed by atoms with van der Waals surface area (Å²) in [6, 6.07) is 21.5. The fraction of sp³-hybridized carbons (Fsp3) is 0.185. The smallest absolute Gasteiger partial charge is 0.335 e. The van der Waals surface area contributed by atoms with Gasteiger partial charge in [0, 0.05) is 11.6 Å². The largest absolute Gasteiger partial charge is 0.478 e. The maximum absolute atomic E-state index is 13.7. The number of amides is 3. The van der Waals surface area contributed by atoms with Gasteiger partial charge >= 0.3 is 5.97 Å². The molecular formula is C27H19BrN2O5. The highest BCUT2D eigenvalue weighted by Crippen LogP contribution is 2.66. The summed E-state index contributed by atoms with van der Waals surface area (Å²) < 4.78 is -0.868. The van der Waals surface area contributed by atoms with Gasteiger partial charge in [0.2, 0.25) is 17.7 Å². The number of carbonyl (C=O) groups excluding carboxylic acids is 3. The Kier molecular flexibility index (Phi) is 4.73. The lowest BCUT2D eigenvalue weighted by Gasteiger charge is -2.51. The van der Waals surface area contributed by atoms with Crippen LogP contribution in [0.25, 0.3) is 0 Å². The minimum Gasteiger partial charge on any atom is -0.478 e. The van der Waals surface area contributed by atoms with E-state index in [2.05, 4.69) is 21.2 Å². The predicted molar refractivity (Wildman–Crippen MR) is 130 cm³/mol. The zero-order valence-electron chi connectivity index (χ0n) is 18.3.